The molecule has 0 aromatic carbocycles. The first-order chi connectivity index (χ1) is 13.5. The van der Waals surface area contributed by atoms with Crippen LogP contribution in [0, 0.1) is 12.8 Å². The average Bonchev–Trinajstić information content (AvgIpc) is 3.14. The first-order valence-electron chi connectivity index (χ1n) is 10.0. The molecule has 1 amide bonds. The van der Waals surface area contributed by atoms with Crippen molar-refractivity contribution in [1.29, 1.82) is 0 Å². The van der Waals surface area contributed by atoms with Gasteiger partial charge in [-0.15, -0.1) is 0 Å². The largest absolute Gasteiger partial charge is 0.345 e. The Kier molecular flexibility index (Phi) is 4.87. The minimum absolute atomic E-state index is 0.159. The second kappa shape index (κ2) is 7.34. The molecule has 3 aromatic rings. The third-order valence-electron chi connectivity index (χ3n) is 5.93. The van der Waals surface area contributed by atoms with Gasteiger partial charge in [0.05, 0.1) is 5.69 Å². The highest BCUT2D eigenvalue weighted by molar-refractivity contribution is 5.98. The lowest BCUT2D eigenvalue weighted by molar-refractivity contribution is 0.0855. The molecule has 0 radical (unpaired) electrons. The van der Waals surface area contributed by atoms with Crippen molar-refractivity contribution in [3.63, 3.8) is 0 Å². The van der Waals surface area contributed by atoms with E-state index in [4.69, 9.17) is 4.98 Å². The Bertz CT molecular complexity index is 987. The van der Waals surface area contributed by atoms with E-state index in [1.165, 1.54) is 32.1 Å². The monoisotopic (exact) mass is 377 g/mol. The van der Waals surface area contributed by atoms with Gasteiger partial charge in [-0.2, -0.15) is 0 Å². The summed E-state index contributed by atoms with van der Waals surface area (Å²) in [6, 6.07) is 5.83. The lowest BCUT2D eigenvalue weighted by atomic mass is 9.76. The van der Waals surface area contributed by atoms with E-state index in [2.05, 4.69) is 29.1 Å². The average molecular weight is 377 g/mol. The van der Waals surface area contributed by atoms with Gasteiger partial charge in [-0.3, -0.25) is 14.2 Å². The molecule has 0 spiro atoms. The van der Waals surface area contributed by atoms with Crippen LogP contribution < -0.4 is 5.32 Å². The number of rotatable bonds is 4. The summed E-state index contributed by atoms with van der Waals surface area (Å²) in [5.74, 6) is 0.341. The van der Waals surface area contributed by atoms with Crippen LogP contribution in [0.15, 0.2) is 36.9 Å². The quantitative estimate of drug-likeness (QED) is 0.740. The number of hydrogen-bond acceptors (Lipinski definition) is 4. The third-order valence-corrected chi connectivity index (χ3v) is 5.93. The highest BCUT2D eigenvalue weighted by Gasteiger charge is 2.33. The summed E-state index contributed by atoms with van der Waals surface area (Å²) in [5, 5.41) is 3.23. The smallest absolute Gasteiger partial charge is 0.274 e. The molecular formula is C22H27N5O. The van der Waals surface area contributed by atoms with Crippen LogP contribution >= 0.6 is 0 Å². The topological polar surface area (TPSA) is 72.2 Å². The molecule has 0 bridgehead atoms. The molecule has 0 aliphatic heterocycles. The van der Waals surface area contributed by atoms with Crippen LogP contribution in [0.1, 0.15) is 62.1 Å². The number of aryl methyl sites for hydroxylation is 1. The number of nitrogens with zero attached hydrogens (tertiary/aromatic N) is 4. The van der Waals surface area contributed by atoms with Crippen molar-refractivity contribution in [2.24, 2.45) is 5.92 Å². The fourth-order valence-corrected chi connectivity index (χ4v) is 4.22. The molecule has 1 aliphatic rings. The van der Waals surface area contributed by atoms with Crippen LogP contribution in [-0.2, 0) is 0 Å². The van der Waals surface area contributed by atoms with Gasteiger partial charge in [0.25, 0.3) is 5.91 Å². The number of amides is 1. The summed E-state index contributed by atoms with van der Waals surface area (Å²) >= 11 is 0. The Hall–Kier alpha value is -2.76. The Labute approximate surface area is 165 Å². The second-order valence-electron chi connectivity index (χ2n) is 8.32. The number of hydrogen-bond donors (Lipinski definition) is 1. The normalized spacial score (nSPS) is 15.7. The number of carbonyl (C=O) groups is 1. The number of pyridine rings is 1. The van der Waals surface area contributed by atoms with Crippen LogP contribution in [0.2, 0.25) is 0 Å². The van der Waals surface area contributed by atoms with Crippen molar-refractivity contribution in [3.8, 4) is 11.3 Å². The zero-order valence-electron chi connectivity index (χ0n) is 16.8. The van der Waals surface area contributed by atoms with Crippen LogP contribution in [0.5, 0.6) is 0 Å². The van der Waals surface area contributed by atoms with Crippen molar-refractivity contribution < 1.29 is 4.79 Å². The summed E-state index contributed by atoms with van der Waals surface area (Å²) in [6.07, 6.45) is 11.3. The van der Waals surface area contributed by atoms with Gasteiger partial charge in [-0.05, 0) is 57.7 Å². The van der Waals surface area contributed by atoms with Crippen molar-refractivity contribution in [3.05, 3.63) is 48.3 Å². The van der Waals surface area contributed by atoms with E-state index in [0.29, 0.717) is 17.3 Å². The predicted octanol–water partition coefficient (Wildman–Crippen LogP) is 4.19. The SMILES string of the molecule is Cc1cc(-c2cccnc2)nc2c(C(=O)NC(C)(C)C3CCCCC3)ncn12. The van der Waals surface area contributed by atoms with Crippen molar-refractivity contribution >= 4 is 11.6 Å². The lowest BCUT2D eigenvalue weighted by Gasteiger charge is -2.37. The molecule has 0 unspecified atom stereocenters. The van der Waals surface area contributed by atoms with Crippen LogP contribution in [0.25, 0.3) is 16.9 Å². The van der Waals surface area contributed by atoms with E-state index < -0.39 is 0 Å². The Balaban J connectivity index is 1.66. The molecule has 1 aliphatic carbocycles. The minimum atomic E-state index is -0.260. The maximum atomic E-state index is 13.1. The summed E-state index contributed by atoms with van der Waals surface area (Å²) in [7, 11) is 0. The molecular weight excluding hydrogens is 350 g/mol. The van der Waals surface area contributed by atoms with Gasteiger partial charge in [0.2, 0.25) is 0 Å². The van der Waals surface area contributed by atoms with Crippen molar-refractivity contribution in [1.82, 2.24) is 24.7 Å². The molecule has 1 saturated carbocycles. The van der Waals surface area contributed by atoms with E-state index in [1.807, 2.05) is 29.5 Å². The zero-order chi connectivity index (χ0) is 19.7. The van der Waals surface area contributed by atoms with E-state index in [0.717, 1.165) is 17.0 Å². The molecule has 3 heterocycles. The van der Waals surface area contributed by atoms with E-state index in [1.54, 1.807) is 18.7 Å². The number of nitrogens with one attached hydrogen (secondary N) is 1. The highest BCUT2D eigenvalue weighted by atomic mass is 16.2. The van der Waals surface area contributed by atoms with E-state index in [9.17, 15) is 4.79 Å². The van der Waals surface area contributed by atoms with Gasteiger partial charge >= 0.3 is 0 Å². The van der Waals surface area contributed by atoms with Gasteiger partial charge in [0.15, 0.2) is 11.3 Å². The zero-order valence-corrected chi connectivity index (χ0v) is 16.8. The van der Waals surface area contributed by atoms with Gasteiger partial charge in [-0.1, -0.05) is 19.3 Å². The minimum Gasteiger partial charge on any atom is -0.345 e. The molecule has 6 nitrogen and oxygen atoms in total. The number of imidazole rings is 1. The molecule has 3 aromatic heterocycles. The molecule has 28 heavy (non-hydrogen) atoms. The maximum Gasteiger partial charge on any atom is 0.274 e. The lowest BCUT2D eigenvalue weighted by Crippen LogP contribution is -2.49. The standard InChI is InChI=1S/C22H27N5O/c1-15-12-18(16-8-7-11-23-13-16)25-20-19(24-14-27(15)20)21(28)26-22(2,3)17-9-5-4-6-10-17/h7-8,11-14,17H,4-6,9-10H2,1-3H3,(H,26,28). The maximum absolute atomic E-state index is 13.1. The van der Waals surface area contributed by atoms with Gasteiger partial charge < -0.3 is 5.32 Å². The fourth-order valence-electron chi connectivity index (χ4n) is 4.22. The van der Waals surface area contributed by atoms with Crippen LogP contribution in [0.3, 0.4) is 0 Å². The molecule has 6 heteroatoms. The van der Waals surface area contributed by atoms with Gasteiger partial charge in [0.1, 0.15) is 6.33 Å². The summed E-state index contributed by atoms with van der Waals surface area (Å²) in [5.41, 5.74) is 3.38. The highest BCUT2D eigenvalue weighted by Crippen LogP contribution is 2.32. The van der Waals surface area contributed by atoms with Crippen molar-refractivity contribution in [2.45, 2.75) is 58.4 Å². The molecule has 4 rings (SSSR count). The Morgan fingerprint density at radius 2 is 2.04 bits per heavy atom. The van der Waals surface area contributed by atoms with Crippen LogP contribution in [0.4, 0.5) is 0 Å². The molecule has 146 valence electrons. The van der Waals surface area contributed by atoms with E-state index in [-0.39, 0.29) is 11.4 Å². The predicted molar refractivity (Wildman–Crippen MR) is 109 cm³/mol. The first kappa shape index (κ1) is 18.6. The van der Waals surface area contributed by atoms with Gasteiger partial charge in [0, 0.05) is 29.2 Å². The van der Waals surface area contributed by atoms with Crippen LogP contribution in [-0.4, -0.2) is 30.8 Å². The third kappa shape index (κ3) is 3.51. The first-order valence-corrected chi connectivity index (χ1v) is 10.0. The number of aromatic nitrogens is 4. The summed E-state index contributed by atoms with van der Waals surface area (Å²) in [4.78, 5) is 26.4. The fraction of sp³-hybridized carbons (Fsp3) is 0.455. The molecule has 1 N–H and O–H groups in total. The summed E-state index contributed by atoms with van der Waals surface area (Å²) in [6.45, 7) is 6.24. The molecule has 1 fully saturated rings. The number of carbonyl (C=O) groups excluding carboxylic acids is 1. The number of fused-ring (bicyclic) bond motifs is 1. The Morgan fingerprint density at radius 1 is 1.25 bits per heavy atom. The molecule has 0 atom stereocenters. The summed E-state index contributed by atoms with van der Waals surface area (Å²) < 4.78 is 1.86. The van der Waals surface area contributed by atoms with E-state index >= 15 is 0 Å². The second-order valence-corrected chi connectivity index (χ2v) is 8.32. The van der Waals surface area contributed by atoms with Crippen molar-refractivity contribution in [2.75, 3.05) is 0 Å². The van der Waals surface area contributed by atoms with Gasteiger partial charge in [-0.25, -0.2) is 9.97 Å². The molecule has 0 saturated heterocycles. The Morgan fingerprint density at radius 3 is 2.75 bits per heavy atom.